The molecule has 0 aliphatic rings. The quantitative estimate of drug-likeness (QED) is 0.336. The Balaban J connectivity index is 2.40. The Kier molecular flexibility index (Phi) is 2.94. The van der Waals surface area contributed by atoms with Crippen LogP contribution >= 0.6 is 0 Å². The van der Waals surface area contributed by atoms with Crippen LogP contribution in [0.2, 0.25) is 0 Å². The van der Waals surface area contributed by atoms with Crippen molar-refractivity contribution in [1.29, 1.82) is 0 Å². The van der Waals surface area contributed by atoms with Gasteiger partial charge in [-0.1, -0.05) is 18.2 Å². The fraction of sp³-hybridized carbons (Fsp3) is 0.0833. The van der Waals surface area contributed by atoms with Gasteiger partial charge in [-0.25, -0.2) is 0 Å². The van der Waals surface area contributed by atoms with Crippen molar-refractivity contribution in [2.24, 2.45) is 12.2 Å². The molecule has 0 atom stereocenters. The van der Waals surface area contributed by atoms with E-state index in [1.807, 2.05) is 41.9 Å². The lowest BCUT2D eigenvalue weighted by Gasteiger charge is -1.97. The summed E-state index contributed by atoms with van der Waals surface area (Å²) >= 11 is 0. The summed E-state index contributed by atoms with van der Waals surface area (Å²) < 4.78 is 1.97. The second-order valence-corrected chi connectivity index (χ2v) is 3.55. The first-order valence-corrected chi connectivity index (χ1v) is 5.04. The molecule has 1 aromatic heterocycles. The maximum atomic E-state index is 11.0. The summed E-state index contributed by atoms with van der Waals surface area (Å²) in [7, 11) is 1.92. The van der Waals surface area contributed by atoms with E-state index in [1.54, 1.807) is 6.08 Å². The lowest BCUT2D eigenvalue weighted by atomic mass is 10.2. The highest BCUT2D eigenvalue weighted by Crippen LogP contribution is 2.19. The number of carbonyl (C=O) groups excluding carboxylic acids is 1. The standard InChI is InChI=1S/C12H10N4O/c1-16-10(6-7-12(17)14-15-13)8-9-4-2-3-5-11(9)16/h2-8H,1H3/b7-6+. The van der Waals surface area contributed by atoms with Crippen LogP contribution in [0.1, 0.15) is 5.69 Å². The van der Waals surface area contributed by atoms with Crippen molar-refractivity contribution >= 4 is 22.9 Å². The number of carbonyl (C=O) groups is 1. The van der Waals surface area contributed by atoms with E-state index in [-0.39, 0.29) is 0 Å². The van der Waals surface area contributed by atoms with Crippen molar-refractivity contribution in [1.82, 2.24) is 4.57 Å². The molecule has 2 rings (SSSR count). The smallest absolute Gasteiger partial charge is 0.242 e. The van der Waals surface area contributed by atoms with Crippen LogP contribution < -0.4 is 0 Å². The molecule has 5 heteroatoms. The van der Waals surface area contributed by atoms with Crippen molar-refractivity contribution in [2.45, 2.75) is 0 Å². The van der Waals surface area contributed by atoms with Gasteiger partial charge in [0, 0.05) is 28.6 Å². The number of nitrogens with zero attached hydrogens (tertiary/aromatic N) is 4. The van der Waals surface area contributed by atoms with Crippen LogP contribution in [-0.4, -0.2) is 10.5 Å². The molecule has 0 aliphatic carbocycles. The van der Waals surface area contributed by atoms with Crippen molar-refractivity contribution in [2.75, 3.05) is 0 Å². The van der Waals surface area contributed by atoms with E-state index in [0.717, 1.165) is 16.6 Å². The van der Waals surface area contributed by atoms with Gasteiger partial charge >= 0.3 is 0 Å². The molecule has 1 heterocycles. The van der Waals surface area contributed by atoms with E-state index in [4.69, 9.17) is 5.53 Å². The number of amides is 1. The molecule has 0 N–H and O–H groups in total. The fourth-order valence-electron chi connectivity index (χ4n) is 1.70. The van der Waals surface area contributed by atoms with Gasteiger partial charge < -0.3 is 4.57 Å². The monoisotopic (exact) mass is 226 g/mol. The van der Waals surface area contributed by atoms with Crippen molar-refractivity contribution < 1.29 is 4.79 Å². The summed E-state index contributed by atoms with van der Waals surface area (Å²) in [6, 6.07) is 9.89. The Hall–Kier alpha value is -2.52. The number of aryl methyl sites for hydroxylation is 1. The third-order valence-electron chi connectivity index (χ3n) is 2.53. The molecule has 1 amide bonds. The Bertz CT molecular complexity index is 648. The summed E-state index contributed by atoms with van der Waals surface area (Å²) in [5.74, 6) is -0.599. The van der Waals surface area contributed by atoms with Gasteiger partial charge in [-0.05, 0) is 34.9 Å². The molecule has 0 unspecified atom stereocenters. The predicted octanol–water partition coefficient (Wildman–Crippen LogP) is 3.03. The molecular weight excluding hydrogens is 216 g/mol. The summed E-state index contributed by atoms with van der Waals surface area (Å²) in [4.78, 5) is 13.5. The molecule has 0 aliphatic heterocycles. The molecule has 0 bridgehead atoms. The lowest BCUT2D eigenvalue weighted by Crippen LogP contribution is -1.90. The van der Waals surface area contributed by atoms with Gasteiger partial charge in [0.05, 0.1) is 0 Å². The van der Waals surface area contributed by atoms with Crippen LogP contribution in [0.4, 0.5) is 0 Å². The van der Waals surface area contributed by atoms with Crippen molar-refractivity contribution in [3.63, 3.8) is 0 Å². The van der Waals surface area contributed by atoms with Crippen LogP contribution in [0.5, 0.6) is 0 Å². The average molecular weight is 226 g/mol. The van der Waals surface area contributed by atoms with Crippen LogP contribution in [0.25, 0.3) is 27.4 Å². The molecule has 0 fully saturated rings. The molecule has 0 saturated carbocycles. The third-order valence-corrected chi connectivity index (χ3v) is 2.53. The summed E-state index contributed by atoms with van der Waals surface area (Å²) in [6.45, 7) is 0. The van der Waals surface area contributed by atoms with Crippen LogP contribution in [0.15, 0.2) is 41.5 Å². The fourth-order valence-corrected chi connectivity index (χ4v) is 1.70. The average Bonchev–Trinajstić information content (AvgIpc) is 2.65. The second kappa shape index (κ2) is 4.55. The van der Waals surface area contributed by atoms with E-state index < -0.39 is 5.91 Å². The molecule has 84 valence electrons. The number of benzene rings is 1. The van der Waals surface area contributed by atoms with Gasteiger partial charge in [0.15, 0.2) is 0 Å². The summed E-state index contributed by atoms with van der Waals surface area (Å²) in [6.07, 6.45) is 2.89. The maximum absolute atomic E-state index is 11.0. The van der Waals surface area contributed by atoms with Gasteiger partial charge in [-0.15, -0.1) is 0 Å². The van der Waals surface area contributed by atoms with Gasteiger partial charge in [0.25, 0.3) is 0 Å². The highest BCUT2D eigenvalue weighted by molar-refractivity contribution is 5.93. The molecule has 0 spiro atoms. The maximum Gasteiger partial charge on any atom is 0.242 e. The minimum Gasteiger partial charge on any atom is -0.344 e. The van der Waals surface area contributed by atoms with Crippen LogP contribution in [0.3, 0.4) is 0 Å². The van der Waals surface area contributed by atoms with E-state index in [0.29, 0.717) is 0 Å². The topological polar surface area (TPSA) is 70.8 Å². The van der Waals surface area contributed by atoms with Gasteiger partial charge in [-0.3, -0.25) is 4.79 Å². The number of para-hydroxylation sites is 1. The van der Waals surface area contributed by atoms with E-state index >= 15 is 0 Å². The van der Waals surface area contributed by atoms with Gasteiger partial charge in [0.1, 0.15) is 0 Å². The zero-order chi connectivity index (χ0) is 12.3. The summed E-state index contributed by atoms with van der Waals surface area (Å²) in [5.41, 5.74) is 10.1. The largest absolute Gasteiger partial charge is 0.344 e. The van der Waals surface area contributed by atoms with Crippen molar-refractivity contribution in [3.05, 3.63) is 52.5 Å². The van der Waals surface area contributed by atoms with Gasteiger partial charge in [0.2, 0.25) is 5.91 Å². The normalized spacial score (nSPS) is 10.6. The number of azide groups is 1. The highest BCUT2D eigenvalue weighted by Gasteiger charge is 2.02. The summed E-state index contributed by atoms with van der Waals surface area (Å²) in [5, 5.41) is 4.07. The number of hydrogen-bond donors (Lipinski definition) is 0. The van der Waals surface area contributed by atoms with Gasteiger partial charge in [-0.2, -0.15) is 0 Å². The first-order valence-electron chi connectivity index (χ1n) is 5.04. The van der Waals surface area contributed by atoms with Crippen LogP contribution in [0, 0.1) is 0 Å². The Morgan fingerprint density at radius 1 is 1.47 bits per heavy atom. The molecule has 1 aromatic carbocycles. The number of fused-ring (bicyclic) bond motifs is 1. The molecule has 0 saturated heterocycles. The Morgan fingerprint density at radius 2 is 2.24 bits per heavy atom. The second-order valence-electron chi connectivity index (χ2n) is 3.55. The third kappa shape index (κ3) is 2.19. The zero-order valence-electron chi connectivity index (χ0n) is 9.24. The molecule has 2 aromatic rings. The Morgan fingerprint density at radius 3 is 2.94 bits per heavy atom. The highest BCUT2D eigenvalue weighted by atomic mass is 16.1. The zero-order valence-corrected chi connectivity index (χ0v) is 9.24. The van der Waals surface area contributed by atoms with Crippen LogP contribution in [-0.2, 0) is 11.8 Å². The number of rotatable bonds is 2. The predicted molar refractivity (Wildman–Crippen MR) is 66.1 cm³/mol. The van der Waals surface area contributed by atoms with E-state index in [2.05, 4.69) is 10.0 Å². The van der Waals surface area contributed by atoms with E-state index in [9.17, 15) is 4.79 Å². The molecule has 17 heavy (non-hydrogen) atoms. The SMILES string of the molecule is Cn1c(/C=C/C(=O)N=[N+]=[N-])cc2ccccc21. The number of aromatic nitrogens is 1. The molecule has 0 radical (unpaired) electrons. The van der Waals surface area contributed by atoms with E-state index in [1.165, 1.54) is 6.08 Å². The lowest BCUT2D eigenvalue weighted by molar-refractivity contribution is -0.113. The minimum absolute atomic E-state index is 0.599. The molecular formula is C12H10N4O. The number of hydrogen-bond acceptors (Lipinski definition) is 1. The first kappa shape index (κ1) is 11.0. The van der Waals surface area contributed by atoms with Crippen molar-refractivity contribution in [3.8, 4) is 0 Å². The first-order chi connectivity index (χ1) is 8.22. The molecule has 5 nitrogen and oxygen atoms in total. The Labute approximate surface area is 97.6 Å². The minimum atomic E-state index is -0.599.